The van der Waals surface area contributed by atoms with E-state index in [1.807, 2.05) is 30.4 Å². The summed E-state index contributed by atoms with van der Waals surface area (Å²) in [7, 11) is 0. The van der Waals surface area contributed by atoms with Gasteiger partial charge in [0.2, 0.25) is 5.91 Å². The zero-order valence-electron chi connectivity index (χ0n) is 9.06. The third-order valence-corrected chi connectivity index (χ3v) is 2.20. The van der Waals surface area contributed by atoms with E-state index in [1.54, 1.807) is 0 Å². The molecule has 3 N–H and O–H groups in total. The van der Waals surface area contributed by atoms with Crippen LogP contribution in [0.3, 0.4) is 0 Å². The lowest BCUT2D eigenvalue weighted by molar-refractivity contribution is -0.122. The van der Waals surface area contributed by atoms with Crippen LogP contribution in [0.1, 0.15) is 12.8 Å². The number of nitrogens with one attached hydrogen (secondary N) is 1. The van der Waals surface area contributed by atoms with Gasteiger partial charge < -0.3 is 15.8 Å². The number of hydrogen-bond acceptors (Lipinski definition) is 3. The molecule has 0 saturated carbocycles. The molecule has 4 heteroatoms. The lowest BCUT2D eigenvalue weighted by Gasteiger charge is -2.12. The highest BCUT2D eigenvalue weighted by atomic mass is 16.2. The van der Waals surface area contributed by atoms with Crippen molar-refractivity contribution in [1.29, 1.82) is 0 Å². The van der Waals surface area contributed by atoms with Gasteiger partial charge in [0.25, 0.3) is 0 Å². The van der Waals surface area contributed by atoms with E-state index in [4.69, 9.17) is 5.73 Å². The Kier molecular flexibility index (Phi) is 5.22. The Morgan fingerprint density at radius 1 is 1.56 bits per heavy atom. The molecule has 1 aliphatic carbocycles. The van der Waals surface area contributed by atoms with Gasteiger partial charge in [-0.25, -0.2) is 0 Å². The summed E-state index contributed by atoms with van der Waals surface area (Å²) in [6.45, 7) is -0.0981. The van der Waals surface area contributed by atoms with Crippen LogP contribution >= 0.6 is 0 Å². The van der Waals surface area contributed by atoms with Crippen molar-refractivity contribution in [2.24, 2.45) is 5.73 Å². The van der Waals surface area contributed by atoms with E-state index in [0.29, 0.717) is 6.42 Å². The Labute approximate surface area is 94.9 Å². The highest BCUT2D eigenvalue weighted by Crippen LogP contribution is 2.10. The predicted molar refractivity (Wildman–Crippen MR) is 62.6 cm³/mol. The Morgan fingerprint density at radius 3 is 3.06 bits per heavy atom. The number of carbonyl (C=O) groups is 2. The van der Waals surface area contributed by atoms with E-state index in [1.165, 1.54) is 0 Å². The Bertz CT molecular complexity index is 343. The van der Waals surface area contributed by atoms with E-state index in [0.717, 1.165) is 18.3 Å². The van der Waals surface area contributed by atoms with Gasteiger partial charge in [-0.3, -0.25) is 4.79 Å². The summed E-state index contributed by atoms with van der Waals surface area (Å²) in [6.07, 6.45) is 12.0. The Morgan fingerprint density at radius 2 is 2.38 bits per heavy atom. The SMILES string of the molecule is NCC(=O)NC(C=O)CC1=CC=CCC=C1. The first kappa shape index (κ1) is 12.4. The Hall–Kier alpha value is -1.68. The minimum absolute atomic E-state index is 0.0981. The predicted octanol–water partition coefficient (Wildman–Crippen LogP) is 0.461. The lowest BCUT2D eigenvalue weighted by atomic mass is 10.1. The summed E-state index contributed by atoms with van der Waals surface area (Å²) in [5.41, 5.74) is 6.18. The second-order valence-corrected chi connectivity index (χ2v) is 3.53. The van der Waals surface area contributed by atoms with Crippen LogP contribution < -0.4 is 11.1 Å². The molecule has 1 atom stereocenters. The third-order valence-electron chi connectivity index (χ3n) is 2.20. The van der Waals surface area contributed by atoms with Crippen molar-refractivity contribution in [3.8, 4) is 0 Å². The van der Waals surface area contributed by atoms with Gasteiger partial charge in [-0.2, -0.15) is 0 Å². The lowest BCUT2D eigenvalue weighted by Crippen LogP contribution is -2.39. The number of carbonyl (C=O) groups excluding carboxylic acids is 2. The average Bonchev–Trinajstić information content (AvgIpc) is 2.56. The second kappa shape index (κ2) is 6.74. The normalized spacial score (nSPS) is 16.2. The fourth-order valence-corrected chi connectivity index (χ4v) is 1.41. The molecule has 0 aromatic carbocycles. The van der Waals surface area contributed by atoms with Crippen LogP contribution in [0.5, 0.6) is 0 Å². The van der Waals surface area contributed by atoms with Gasteiger partial charge in [0.05, 0.1) is 12.6 Å². The average molecular weight is 220 g/mol. The zero-order chi connectivity index (χ0) is 11.8. The number of nitrogens with two attached hydrogens (primary N) is 1. The van der Waals surface area contributed by atoms with Gasteiger partial charge in [-0.15, -0.1) is 0 Å². The van der Waals surface area contributed by atoms with Crippen molar-refractivity contribution in [2.45, 2.75) is 18.9 Å². The maximum atomic E-state index is 11.0. The number of aldehydes is 1. The summed E-state index contributed by atoms with van der Waals surface area (Å²) in [5, 5.41) is 2.55. The summed E-state index contributed by atoms with van der Waals surface area (Å²) in [4.78, 5) is 21.8. The fourth-order valence-electron chi connectivity index (χ4n) is 1.41. The van der Waals surface area contributed by atoms with Crippen LogP contribution in [0, 0.1) is 0 Å². The first-order valence-corrected chi connectivity index (χ1v) is 5.23. The third kappa shape index (κ3) is 4.23. The van der Waals surface area contributed by atoms with Crippen molar-refractivity contribution in [2.75, 3.05) is 6.54 Å². The molecule has 16 heavy (non-hydrogen) atoms. The molecule has 0 spiro atoms. The maximum Gasteiger partial charge on any atom is 0.234 e. The van der Waals surface area contributed by atoms with E-state index in [-0.39, 0.29) is 12.5 Å². The summed E-state index contributed by atoms with van der Waals surface area (Å²) in [5.74, 6) is -0.314. The van der Waals surface area contributed by atoms with Crippen LogP contribution in [0.2, 0.25) is 0 Å². The molecular formula is C12H16N2O2. The van der Waals surface area contributed by atoms with E-state index >= 15 is 0 Å². The van der Waals surface area contributed by atoms with Gasteiger partial charge >= 0.3 is 0 Å². The van der Waals surface area contributed by atoms with Gasteiger partial charge in [0, 0.05) is 0 Å². The summed E-state index contributed by atoms with van der Waals surface area (Å²) >= 11 is 0. The maximum absolute atomic E-state index is 11.0. The summed E-state index contributed by atoms with van der Waals surface area (Å²) in [6, 6.07) is -0.501. The van der Waals surface area contributed by atoms with Gasteiger partial charge in [0.1, 0.15) is 6.29 Å². The van der Waals surface area contributed by atoms with Gasteiger partial charge in [0.15, 0.2) is 0 Å². The zero-order valence-corrected chi connectivity index (χ0v) is 9.06. The number of rotatable bonds is 5. The molecule has 0 saturated heterocycles. The molecule has 0 radical (unpaired) electrons. The number of hydrogen-bond donors (Lipinski definition) is 2. The van der Waals surface area contributed by atoms with Gasteiger partial charge in [-0.1, -0.05) is 30.4 Å². The molecule has 0 aromatic heterocycles. The molecule has 86 valence electrons. The highest BCUT2D eigenvalue weighted by Gasteiger charge is 2.11. The second-order valence-electron chi connectivity index (χ2n) is 3.53. The van der Waals surface area contributed by atoms with Crippen molar-refractivity contribution in [3.05, 3.63) is 36.0 Å². The van der Waals surface area contributed by atoms with Crippen LogP contribution in [-0.2, 0) is 9.59 Å². The van der Waals surface area contributed by atoms with Crippen LogP contribution in [-0.4, -0.2) is 24.8 Å². The molecule has 0 heterocycles. The monoisotopic (exact) mass is 220 g/mol. The Balaban J connectivity index is 2.55. The smallest absolute Gasteiger partial charge is 0.234 e. The molecule has 1 unspecified atom stereocenters. The van der Waals surface area contributed by atoms with Crippen LogP contribution in [0.4, 0.5) is 0 Å². The molecular weight excluding hydrogens is 204 g/mol. The topological polar surface area (TPSA) is 72.2 Å². The fraction of sp³-hybridized carbons (Fsp3) is 0.333. The number of allylic oxidation sites excluding steroid dienone is 5. The number of amides is 1. The largest absolute Gasteiger partial charge is 0.345 e. The molecule has 1 rings (SSSR count). The van der Waals surface area contributed by atoms with Crippen molar-refractivity contribution in [3.63, 3.8) is 0 Å². The quantitative estimate of drug-likeness (QED) is 0.661. The van der Waals surface area contributed by atoms with Crippen molar-refractivity contribution in [1.82, 2.24) is 5.32 Å². The molecule has 0 aliphatic heterocycles. The standard InChI is InChI=1S/C12H16N2O2/c13-8-12(16)14-11(9-15)7-10-5-3-1-2-4-6-10/h1,3-6,9,11H,2,7-8,13H2,(H,14,16). The first-order chi connectivity index (χ1) is 7.76. The van der Waals surface area contributed by atoms with E-state index in [2.05, 4.69) is 5.32 Å². The van der Waals surface area contributed by atoms with Crippen LogP contribution in [0.25, 0.3) is 0 Å². The molecule has 1 aliphatic rings. The highest BCUT2D eigenvalue weighted by molar-refractivity contribution is 5.81. The minimum Gasteiger partial charge on any atom is -0.345 e. The molecule has 0 aromatic rings. The summed E-state index contributed by atoms with van der Waals surface area (Å²) < 4.78 is 0. The minimum atomic E-state index is -0.501. The molecule has 0 fully saturated rings. The van der Waals surface area contributed by atoms with E-state index < -0.39 is 6.04 Å². The van der Waals surface area contributed by atoms with Crippen molar-refractivity contribution < 1.29 is 9.59 Å². The molecule has 4 nitrogen and oxygen atoms in total. The first-order valence-electron chi connectivity index (χ1n) is 5.23. The van der Waals surface area contributed by atoms with E-state index in [9.17, 15) is 9.59 Å². The molecule has 1 amide bonds. The van der Waals surface area contributed by atoms with Crippen molar-refractivity contribution >= 4 is 12.2 Å². The molecule has 0 bridgehead atoms. The van der Waals surface area contributed by atoms with Gasteiger partial charge in [-0.05, 0) is 18.4 Å². The van der Waals surface area contributed by atoms with Crippen LogP contribution in [0.15, 0.2) is 36.0 Å².